The van der Waals surface area contributed by atoms with Gasteiger partial charge in [-0.1, -0.05) is 62.4 Å². The molecule has 0 atom stereocenters. The zero-order valence-electron chi connectivity index (χ0n) is 22.2. The first-order valence-corrected chi connectivity index (χ1v) is 13.3. The van der Waals surface area contributed by atoms with E-state index in [9.17, 15) is 9.59 Å². The van der Waals surface area contributed by atoms with Crippen molar-refractivity contribution in [1.82, 2.24) is 0 Å². The van der Waals surface area contributed by atoms with Gasteiger partial charge in [-0.2, -0.15) is 0 Å². The quantitative estimate of drug-likeness (QED) is 0.382. The van der Waals surface area contributed by atoms with Crippen LogP contribution in [0.15, 0.2) is 48.6 Å². The number of hydrogen-bond donors (Lipinski definition) is 0. The SMILES string of the molecule is C=C1c2cc(Cl)ccc2C=C(C(=O)OC)CN1c1cc(C(=O)OC(C)(C)C)ccc1CC1CCCCC1. The molecule has 5 nitrogen and oxygen atoms in total. The number of hydrogen-bond acceptors (Lipinski definition) is 5. The summed E-state index contributed by atoms with van der Waals surface area (Å²) in [6.07, 6.45) is 8.89. The van der Waals surface area contributed by atoms with Crippen molar-refractivity contribution in [2.45, 2.75) is 64.9 Å². The van der Waals surface area contributed by atoms with Crippen molar-refractivity contribution in [1.29, 1.82) is 0 Å². The standard InChI is InChI=1S/C31H36ClNO4/c1-20-27-18-26(32)14-13-22(27)16-25(29(34)36-5)19-33(20)28-17-24(30(35)37-31(2,3)4)12-11-23(28)15-21-9-7-6-8-10-21/h11-14,16-18,21H,1,6-10,15,19H2,2-5H3. The van der Waals surface area contributed by atoms with Crippen LogP contribution in [-0.4, -0.2) is 31.2 Å². The number of rotatable bonds is 5. The van der Waals surface area contributed by atoms with Crippen LogP contribution in [0.4, 0.5) is 5.69 Å². The fourth-order valence-corrected chi connectivity index (χ4v) is 5.36. The molecule has 0 spiro atoms. The molecule has 6 heteroatoms. The van der Waals surface area contributed by atoms with E-state index in [-0.39, 0.29) is 12.5 Å². The molecule has 0 N–H and O–H groups in total. The molecule has 0 aromatic heterocycles. The molecule has 1 saturated carbocycles. The average molecular weight is 522 g/mol. The number of methoxy groups -OCH3 is 1. The van der Waals surface area contributed by atoms with Crippen LogP contribution in [0.25, 0.3) is 11.8 Å². The van der Waals surface area contributed by atoms with Crippen LogP contribution >= 0.6 is 11.6 Å². The molecule has 1 heterocycles. The predicted molar refractivity (Wildman–Crippen MR) is 150 cm³/mol. The number of anilines is 1. The average Bonchev–Trinajstić information content (AvgIpc) is 3.00. The third-order valence-corrected chi connectivity index (χ3v) is 7.24. The molecule has 0 bridgehead atoms. The van der Waals surface area contributed by atoms with Crippen molar-refractivity contribution < 1.29 is 19.1 Å². The number of esters is 2. The molecular formula is C31H36ClNO4. The van der Waals surface area contributed by atoms with E-state index in [1.807, 2.05) is 62.1 Å². The van der Waals surface area contributed by atoms with Crippen LogP contribution in [0.1, 0.15) is 79.9 Å². The summed E-state index contributed by atoms with van der Waals surface area (Å²) in [5.41, 5.74) is 4.70. The Kier molecular flexibility index (Phi) is 8.13. The van der Waals surface area contributed by atoms with Gasteiger partial charge < -0.3 is 14.4 Å². The highest BCUT2D eigenvalue weighted by Gasteiger charge is 2.28. The zero-order chi connectivity index (χ0) is 26.7. The summed E-state index contributed by atoms with van der Waals surface area (Å²) in [5, 5.41) is 0.583. The molecule has 4 rings (SSSR count). The first kappa shape index (κ1) is 27.0. The minimum absolute atomic E-state index is 0.257. The summed E-state index contributed by atoms with van der Waals surface area (Å²) in [6.45, 7) is 10.2. The van der Waals surface area contributed by atoms with Gasteiger partial charge in [0, 0.05) is 22.0 Å². The normalized spacial score (nSPS) is 16.5. The predicted octanol–water partition coefficient (Wildman–Crippen LogP) is 7.47. The number of ether oxygens (including phenoxy) is 2. The van der Waals surface area contributed by atoms with Crippen LogP contribution in [0.2, 0.25) is 5.02 Å². The summed E-state index contributed by atoms with van der Waals surface area (Å²) >= 11 is 6.37. The Morgan fingerprint density at radius 3 is 2.46 bits per heavy atom. The largest absolute Gasteiger partial charge is 0.466 e. The smallest absolute Gasteiger partial charge is 0.338 e. The maximum Gasteiger partial charge on any atom is 0.338 e. The highest BCUT2D eigenvalue weighted by molar-refractivity contribution is 6.30. The van der Waals surface area contributed by atoms with E-state index < -0.39 is 11.6 Å². The van der Waals surface area contributed by atoms with Crippen molar-refractivity contribution in [3.05, 3.63) is 75.8 Å². The van der Waals surface area contributed by atoms with E-state index in [1.165, 1.54) is 39.2 Å². The van der Waals surface area contributed by atoms with Crippen molar-refractivity contribution in [3.8, 4) is 0 Å². The Morgan fingerprint density at radius 2 is 1.78 bits per heavy atom. The molecule has 1 fully saturated rings. The summed E-state index contributed by atoms with van der Waals surface area (Å²) < 4.78 is 10.8. The second-order valence-corrected chi connectivity index (χ2v) is 11.4. The molecule has 0 saturated heterocycles. The van der Waals surface area contributed by atoms with E-state index in [1.54, 1.807) is 6.07 Å². The molecule has 2 aromatic carbocycles. The van der Waals surface area contributed by atoms with Crippen LogP contribution in [-0.2, 0) is 20.7 Å². The minimum Gasteiger partial charge on any atom is -0.466 e. The van der Waals surface area contributed by atoms with Crippen molar-refractivity contribution >= 4 is 41.0 Å². The Morgan fingerprint density at radius 1 is 1.05 bits per heavy atom. The number of fused-ring (bicyclic) bond motifs is 1. The van der Waals surface area contributed by atoms with Gasteiger partial charge in [0.2, 0.25) is 0 Å². The fourth-order valence-electron chi connectivity index (χ4n) is 5.19. The van der Waals surface area contributed by atoms with Gasteiger partial charge in [-0.15, -0.1) is 0 Å². The maximum atomic E-state index is 13.0. The Bertz CT molecular complexity index is 1230. The Labute approximate surface area is 225 Å². The molecule has 37 heavy (non-hydrogen) atoms. The van der Waals surface area contributed by atoms with Crippen LogP contribution < -0.4 is 4.90 Å². The highest BCUT2D eigenvalue weighted by Crippen LogP contribution is 2.38. The third kappa shape index (κ3) is 6.45. The fraction of sp³-hybridized carbons (Fsp3) is 0.419. The molecule has 0 amide bonds. The number of nitrogens with zero attached hydrogens (tertiary/aromatic N) is 1. The monoisotopic (exact) mass is 521 g/mol. The lowest BCUT2D eigenvalue weighted by atomic mass is 9.84. The number of carbonyl (C=O) groups excluding carboxylic acids is 2. The van der Waals surface area contributed by atoms with Gasteiger partial charge in [0.1, 0.15) is 5.60 Å². The summed E-state index contributed by atoms with van der Waals surface area (Å²) in [7, 11) is 1.38. The first-order valence-electron chi connectivity index (χ1n) is 13.0. The first-order chi connectivity index (χ1) is 17.6. The van der Waals surface area contributed by atoms with Gasteiger partial charge in [-0.3, -0.25) is 0 Å². The second-order valence-electron chi connectivity index (χ2n) is 11.0. The number of halogens is 1. The zero-order valence-corrected chi connectivity index (χ0v) is 23.0. The molecular weight excluding hydrogens is 486 g/mol. The molecule has 1 aliphatic heterocycles. The van der Waals surface area contributed by atoms with Gasteiger partial charge in [0.15, 0.2) is 0 Å². The van der Waals surface area contributed by atoms with E-state index in [0.717, 1.165) is 28.8 Å². The summed E-state index contributed by atoms with van der Waals surface area (Å²) in [5.74, 6) is -0.208. The Hall–Kier alpha value is -3.05. The van der Waals surface area contributed by atoms with Crippen molar-refractivity contribution in [2.75, 3.05) is 18.6 Å². The van der Waals surface area contributed by atoms with Crippen molar-refractivity contribution in [2.24, 2.45) is 5.92 Å². The van der Waals surface area contributed by atoms with Gasteiger partial charge in [-0.05, 0) is 74.6 Å². The minimum atomic E-state index is -0.610. The summed E-state index contributed by atoms with van der Waals surface area (Å²) in [4.78, 5) is 27.8. The van der Waals surface area contributed by atoms with Crippen molar-refractivity contribution in [3.63, 3.8) is 0 Å². The number of benzene rings is 2. The van der Waals surface area contributed by atoms with E-state index in [0.29, 0.717) is 27.8 Å². The molecule has 1 aliphatic carbocycles. The number of carbonyl (C=O) groups is 2. The van der Waals surface area contributed by atoms with E-state index in [4.69, 9.17) is 21.1 Å². The van der Waals surface area contributed by atoms with Gasteiger partial charge >= 0.3 is 11.9 Å². The van der Waals surface area contributed by atoms with E-state index >= 15 is 0 Å². The van der Waals surface area contributed by atoms with E-state index in [2.05, 4.69) is 6.58 Å². The third-order valence-electron chi connectivity index (χ3n) is 7.00. The lowest BCUT2D eigenvalue weighted by Crippen LogP contribution is -2.28. The van der Waals surface area contributed by atoms with Crippen LogP contribution in [0, 0.1) is 5.92 Å². The summed E-state index contributed by atoms with van der Waals surface area (Å²) in [6, 6.07) is 11.3. The topological polar surface area (TPSA) is 55.8 Å². The van der Waals surface area contributed by atoms with Gasteiger partial charge in [-0.25, -0.2) is 9.59 Å². The lowest BCUT2D eigenvalue weighted by molar-refractivity contribution is -0.136. The van der Waals surface area contributed by atoms with Gasteiger partial charge in [0.25, 0.3) is 0 Å². The Balaban J connectivity index is 1.83. The molecule has 2 aliphatic rings. The molecule has 0 radical (unpaired) electrons. The van der Waals surface area contributed by atoms with Crippen LogP contribution in [0.5, 0.6) is 0 Å². The second kappa shape index (κ2) is 11.1. The molecule has 196 valence electrons. The van der Waals surface area contributed by atoms with Crippen LogP contribution in [0.3, 0.4) is 0 Å². The molecule has 2 aromatic rings. The van der Waals surface area contributed by atoms with Gasteiger partial charge in [0.05, 0.1) is 24.8 Å². The molecule has 0 unspecified atom stereocenters. The maximum absolute atomic E-state index is 13.0. The lowest BCUT2D eigenvalue weighted by Gasteiger charge is -2.31. The highest BCUT2D eigenvalue weighted by atomic mass is 35.5.